The number of benzene rings is 1. The standard InChI is InChI=1S/C15H18OS/c1-10-4-5-11(2)13(6-10)7-15(16)14-9-17-8-12(14)3/h4-6,8-9,15-16H,7H2,1-3H3. The van der Waals surface area contributed by atoms with Gasteiger partial charge in [-0.3, -0.25) is 0 Å². The van der Waals surface area contributed by atoms with Crippen molar-refractivity contribution < 1.29 is 5.11 Å². The van der Waals surface area contributed by atoms with E-state index in [1.165, 1.54) is 22.3 Å². The van der Waals surface area contributed by atoms with Gasteiger partial charge in [0.15, 0.2) is 0 Å². The maximum Gasteiger partial charge on any atom is 0.0841 e. The van der Waals surface area contributed by atoms with Crippen molar-refractivity contribution >= 4 is 11.3 Å². The lowest BCUT2D eigenvalue weighted by Gasteiger charge is -2.13. The van der Waals surface area contributed by atoms with E-state index in [-0.39, 0.29) is 6.10 Å². The molecule has 1 N–H and O–H groups in total. The minimum absolute atomic E-state index is 0.387. The molecule has 0 saturated heterocycles. The zero-order valence-electron chi connectivity index (χ0n) is 10.5. The highest BCUT2D eigenvalue weighted by Gasteiger charge is 2.13. The number of hydrogen-bond acceptors (Lipinski definition) is 2. The van der Waals surface area contributed by atoms with Gasteiger partial charge in [-0.25, -0.2) is 0 Å². The molecule has 2 aromatic rings. The summed E-state index contributed by atoms with van der Waals surface area (Å²) in [5.74, 6) is 0. The van der Waals surface area contributed by atoms with E-state index in [4.69, 9.17) is 0 Å². The highest BCUT2D eigenvalue weighted by atomic mass is 32.1. The quantitative estimate of drug-likeness (QED) is 0.869. The van der Waals surface area contributed by atoms with Gasteiger partial charge >= 0.3 is 0 Å². The van der Waals surface area contributed by atoms with E-state index < -0.39 is 0 Å². The first-order valence-corrected chi connectivity index (χ1v) is 6.79. The van der Waals surface area contributed by atoms with Crippen LogP contribution in [-0.2, 0) is 6.42 Å². The maximum atomic E-state index is 10.3. The number of thiophene rings is 1. The lowest BCUT2D eigenvalue weighted by molar-refractivity contribution is 0.178. The van der Waals surface area contributed by atoms with Crippen molar-refractivity contribution in [3.63, 3.8) is 0 Å². The Labute approximate surface area is 107 Å². The molecular formula is C15H18OS. The Bertz CT molecular complexity index is 513. The summed E-state index contributed by atoms with van der Waals surface area (Å²) >= 11 is 1.65. The summed E-state index contributed by atoms with van der Waals surface area (Å²) in [5.41, 5.74) is 5.99. The van der Waals surface area contributed by atoms with Crippen molar-refractivity contribution in [2.24, 2.45) is 0 Å². The molecule has 1 atom stereocenters. The first-order valence-electron chi connectivity index (χ1n) is 5.85. The molecule has 2 heteroatoms. The van der Waals surface area contributed by atoms with Gasteiger partial charge in [-0.2, -0.15) is 11.3 Å². The van der Waals surface area contributed by atoms with Crippen LogP contribution >= 0.6 is 11.3 Å². The Morgan fingerprint density at radius 3 is 2.53 bits per heavy atom. The third-order valence-electron chi connectivity index (χ3n) is 3.17. The first kappa shape index (κ1) is 12.3. The van der Waals surface area contributed by atoms with Crippen LogP contribution in [0.2, 0.25) is 0 Å². The van der Waals surface area contributed by atoms with E-state index in [1.54, 1.807) is 11.3 Å². The highest BCUT2D eigenvalue weighted by Crippen LogP contribution is 2.26. The number of hydrogen-bond donors (Lipinski definition) is 1. The first-order chi connectivity index (χ1) is 8.08. The van der Waals surface area contributed by atoms with Gasteiger partial charge < -0.3 is 5.11 Å². The smallest absolute Gasteiger partial charge is 0.0841 e. The number of aliphatic hydroxyl groups excluding tert-OH is 1. The molecule has 0 aliphatic heterocycles. The summed E-state index contributed by atoms with van der Waals surface area (Å²) in [5, 5.41) is 14.4. The maximum absolute atomic E-state index is 10.3. The minimum atomic E-state index is -0.387. The Balaban J connectivity index is 2.21. The van der Waals surface area contributed by atoms with Crippen LogP contribution in [-0.4, -0.2) is 5.11 Å². The van der Waals surface area contributed by atoms with E-state index in [9.17, 15) is 5.11 Å². The van der Waals surface area contributed by atoms with Gasteiger partial charge in [0.2, 0.25) is 0 Å². The van der Waals surface area contributed by atoms with E-state index in [2.05, 4.69) is 44.4 Å². The van der Waals surface area contributed by atoms with Gasteiger partial charge in [0, 0.05) is 6.42 Å². The third kappa shape index (κ3) is 2.76. The predicted octanol–water partition coefficient (Wildman–Crippen LogP) is 3.95. The van der Waals surface area contributed by atoms with Gasteiger partial charge in [0.25, 0.3) is 0 Å². The van der Waals surface area contributed by atoms with Crippen LogP contribution in [0, 0.1) is 20.8 Å². The molecule has 0 amide bonds. The van der Waals surface area contributed by atoms with Crippen molar-refractivity contribution in [1.29, 1.82) is 0 Å². The number of aryl methyl sites for hydroxylation is 3. The molecule has 0 aliphatic rings. The molecule has 1 unspecified atom stereocenters. The Hall–Kier alpha value is -1.12. The molecule has 1 aromatic carbocycles. The normalized spacial score (nSPS) is 12.7. The highest BCUT2D eigenvalue weighted by molar-refractivity contribution is 7.08. The summed E-state index contributed by atoms with van der Waals surface area (Å²) in [7, 11) is 0. The summed E-state index contributed by atoms with van der Waals surface area (Å²) in [6, 6.07) is 6.40. The second kappa shape index (κ2) is 5.03. The fourth-order valence-electron chi connectivity index (χ4n) is 2.05. The second-order valence-corrected chi connectivity index (χ2v) is 5.40. The molecular weight excluding hydrogens is 228 g/mol. The fourth-order valence-corrected chi connectivity index (χ4v) is 2.95. The lowest BCUT2D eigenvalue weighted by atomic mass is 9.96. The monoisotopic (exact) mass is 246 g/mol. The molecule has 0 spiro atoms. The number of rotatable bonds is 3. The van der Waals surface area contributed by atoms with Crippen LogP contribution < -0.4 is 0 Å². The van der Waals surface area contributed by atoms with Crippen molar-refractivity contribution in [3.8, 4) is 0 Å². The van der Waals surface area contributed by atoms with E-state index in [1.807, 2.05) is 5.38 Å². The Morgan fingerprint density at radius 2 is 1.88 bits per heavy atom. The Kier molecular flexibility index (Phi) is 3.65. The van der Waals surface area contributed by atoms with Crippen LogP contribution in [0.5, 0.6) is 0 Å². The molecule has 17 heavy (non-hydrogen) atoms. The van der Waals surface area contributed by atoms with Crippen molar-refractivity contribution in [2.75, 3.05) is 0 Å². The molecule has 0 bridgehead atoms. The Morgan fingerprint density at radius 1 is 1.12 bits per heavy atom. The SMILES string of the molecule is Cc1ccc(C)c(CC(O)c2cscc2C)c1. The number of aliphatic hydroxyl groups is 1. The second-order valence-electron chi connectivity index (χ2n) is 4.66. The van der Waals surface area contributed by atoms with Gasteiger partial charge in [-0.05, 0) is 53.8 Å². The minimum Gasteiger partial charge on any atom is -0.388 e. The fraction of sp³-hybridized carbons (Fsp3) is 0.333. The molecule has 0 aliphatic carbocycles. The average Bonchev–Trinajstić information content (AvgIpc) is 2.70. The van der Waals surface area contributed by atoms with Crippen molar-refractivity contribution in [2.45, 2.75) is 33.3 Å². The summed E-state index contributed by atoms with van der Waals surface area (Å²) in [6.07, 6.45) is 0.312. The van der Waals surface area contributed by atoms with Gasteiger partial charge in [-0.1, -0.05) is 23.8 Å². The molecule has 2 rings (SSSR count). The molecule has 0 saturated carbocycles. The molecule has 90 valence electrons. The average molecular weight is 246 g/mol. The molecule has 1 aromatic heterocycles. The summed E-state index contributed by atoms with van der Waals surface area (Å²) < 4.78 is 0. The summed E-state index contributed by atoms with van der Waals surface area (Å²) in [4.78, 5) is 0. The largest absolute Gasteiger partial charge is 0.388 e. The molecule has 0 radical (unpaired) electrons. The van der Waals surface area contributed by atoms with E-state index in [0.29, 0.717) is 6.42 Å². The van der Waals surface area contributed by atoms with E-state index >= 15 is 0 Å². The molecule has 1 heterocycles. The summed E-state index contributed by atoms with van der Waals surface area (Å²) in [6.45, 7) is 6.24. The topological polar surface area (TPSA) is 20.2 Å². The lowest BCUT2D eigenvalue weighted by Crippen LogP contribution is -2.03. The zero-order chi connectivity index (χ0) is 12.4. The molecule has 1 nitrogen and oxygen atoms in total. The van der Waals surface area contributed by atoms with Crippen LogP contribution in [0.1, 0.15) is 33.9 Å². The van der Waals surface area contributed by atoms with Gasteiger partial charge in [0.05, 0.1) is 6.10 Å². The molecule has 0 fully saturated rings. The predicted molar refractivity (Wildman–Crippen MR) is 73.6 cm³/mol. The van der Waals surface area contributed by atoms with Crippen LogP contribution in [0.4, 0.5) is 0 Å². The van der Waals surface area contributed by atoms with Crippen LogP contribution in [0.15, 0.2) is 29.0 Å². The van der Waals surface area contributed by atoms with Crippen molar-refractivity contribution in [1.82, 2.24) is 0 Å². The van der Waals surface area contributed by atoms with Crippen molar-refractivity contribution in [3.05, 3.63) is 56.8 Å². The zero-order valence-corrected chi connectivity index (χ0v) is 11.3. The van der Waals surface area contributed by atoms with Crippen LogP contribution in [0.25, 0.3) is 0 Å². The van der Waals surface area contributed by atoms with E-state index in [0.717, 1.165) is 5.56 Å². The van der Waals surface area contributed by atoms with Gasteiger partial charge in [0.1, 0.15) is 0 Å². The third-order valence-corrected chi connectivity index (χ3v) is 4.05. The van der Waals surface area contributed by atoms with Crippen LogP contribution in [0.3, 0.4) is 0 Å². The van der Waals surface area contributed by atoms with Gasteiger partial charge in [-0.15, -0.1) is 0 Å².